The van der Waals surface area contributed by atoms with Gasteiger partial charge in [0, 0.05) is 25.7 Å². The number of nitrogens with zero attached hydrogens (tertiary/aromatic N) is 4. The minimum absolute atomic E-state index is 0.0360. The van der Waals surface area contributed by atoms with E-state index >= 15 is 0 Å². The first-order valence-electron chi connectivity index (χ1n) is 10.7. The molecule has 1 fully saturated rings. The van der Waals surface area contributed by atoms with Crippen molar-refractivity contribution in [1.82, 2.24) is 30.2 Å². The minimum Gasteiger partial charge on any atom is -0.356 e. The summed E-state index contributed by atoms with van der Waals surface area (Å²) >= 11 is 0. The Labute approximate surface area is 175 Å². The highest BCUT2D eigenvalue weighted by Crippen LogP contribution is 2.21. The molecule has 9 nitrogen and oxygen atoms in total. The Morgan fingerprint density at radius 1 is 1.27 bits per heavy atom. The van der Waals surface area contributed by atoms with Gasteiger partial charge >= 0.3 is 0 Å². The normalized spacial score (nSPS) is 16.5. The monoisotopic (exact) mass is 414 g/mol. The Hall–Kier alpha value is -2.97. The zero-order chi connectivity index (χ0) is 21.5. The van der Waals surface area contributed by atoms with Crippen LogP contribution in [0.15, 0.2) is 23.1 Å². The molecule has 0 radical (unpaired) electrons. The Morgan fingerprint density at radius 3 is 2.83 bits per heavy atom. The molecule has 1 unspecified atom stereocenters. The third-order valence-corrected chi connectivity index (χ3v) is 5.53. The van der Waals surface area contributed by atoms with Gasteiger partial charge in [0.2, 0.25) is 5.91 Å². The lowest BCUT2D eigenvalue weighted by molar-refractivity contribution is -0.126. The van der Waals surface area contributed by atoms with Crippen molar-refractivity contribution in [2.45, 2.75) is 52.4 Å². The average molecular weight is 415 g/mol. The molecule has 0 bridgehead atoms. The molecule has 30 heavy (non-hydrogen) atoms. The molecule has 162 valence electrons. The predicted octanol–water partition coefficient (Wildman–Crippen LogP) is 1.81. The lowest BCUT2D eigenvalue weighted by Gasteiger charge is -2.32. The molecule has 1 aliphatic rings. The largest absolute Gasteiger partial charge is 0.356 e. The summed E-state index contributed by atoms with van der Waals surface area (Å²) in [6.07, 6.45) is 7.58. The first-order chi connectivity index (χ1) is 14.5. The van der Waals surface area contributed by atoms with Crippen LogP contribution in [-0.2, 0) is 4.79 Å². The lowest BCUT2D eigenvalue weighted by Crippen LogP contribution is -2.45. The van der Waals surface area contributed by atoms with E-state index in [1.54, 1.807) is 17.9 Å². The number of amides is 2. The number of carbonyl (C=O) groups is 2. The maximum Gasteiger partial charge on any atom is 0.264 e. The summed E-state index contributed by atoms with van der Waals surface area (Å²) in [6, 6.07) is 2.91. The molecule has 2 aromatic rings. The molecular weight excluding hydrogens is 384 g/mol. The maximum atomic E-state index is 13.1. The zero-order valence-electron chi connectivity index (χ0n) is 17.7. The van der Waals surface area contributed by atoms with E-state index in [-0.39, 0.29) is 23.3 Å². The van der Waals surface area contributed by atoms with Gasteiger partial charge in [0.25, 0.3) is 11.5 Å². The highest BCUT2D eigenvalue weighted by atomic mass is 16.2. The maximum absolute atomic E-state index is 13.1. The first-order valence-corrected chi connectivity index (χ1v) is 10.7. The number of aromatic amines is 1. The molecule has 9 heteroatoms. The van der Waals surface area contributed by atoms with Crippen LogP contribution in [0.4, 0.5) is 0 Å². The summed E-state index contributed by atoms with van der Waals surface area (Å²) in [6.45, 7) is 5.69. The fourth-order valence-electron chi connectivity index (χ4n) is 3.76. The summed E-state index contributed by atoms with van der Waals surface area (Å²) in [4.78, 5) is 38.5. The number of likely N-dealkylation sites (tertiary alicyclic amines) is 1. The molecule has 0 aromatic carbocycles. The Bertz CT molecular complexity index is 915. The average Bonchev–Trinajstić information content (AvgIpc) is 3.15. The highest BCUT2D eigenvalue weighted by molar-refractivity contribution is 5.95. The molecule has 2 N–H and O–H groups in total. The van der Waals surface area contributed by atoms with E-state index in [9.17, 15) is 14.4 Å². The quantitative estimate of drug-likeness (QED) is 0.640. The molecule has 1 saturated heterocycles. The van der Waals surface area contributed by atoms with Gasteiger partial charge in [-0.3, -0.25) is 14.4 Å². The van der Waals surface area contributed by atoms with Crippen LogP contribution in [-0.4, -0.2) is 56.3 Å². The van der Waals surface area contributed by atoms with Gasteiger partial charge in [0.15, 0.2) is 5.82 Å². The van der Waals surface area contributed by atoms with Crippen molar-refractivity contribution in [3.05, 3.63) is 39.9 Å². The Balaban J connectivity index is 1.62. The number of carbonyl (C=O) groups excluding carboxylic acids is 2. The second-order valence-corrected chi connectivity index (χ2v) is 7.78. The number of H-pyrrole nitrogens is 1. The summed E-state index contributed by atoms with van der Waals surface area (Å²) < 4.78 is 1.52. The van der Waals surface area contributed by atoms with Crippen molar-refractivity contribution in [2.24, 2.45) is 5.92 Å². The third kappa shape index (κ3) is 5.14. The van der Waals surface area contributed by atoms with Crippen LogP contribution in [0.1, 0.15) is 61.5 Å². The number of rotatable bonds is 8. The number of hydrogen-bond acceptors (Lipinski definition) is 5. The van der Waals surface area contributed by atoms with Gasteiger partial charge in [-0.1, -0.05) is 26.2 Å². The van der Waals surface area contributed by atoms with Crippen LogP contribution in [0.3, 0.4) is 0 Å². The molecule has 0 saturated carbocycles. The fourth-order valence-corrected chi connectivity index (χ4v) is 3.76. The predicted molar refractivity (Wildman–Crippen MR) is 112 cm³/mol. The molecule has 2 amide bonds. The van der Waals surface area contributed by atoms with Crippen LogP contribution < -0.4 is 10.9 Å². The second kappa shape index (κ2) is 10.2. The van der Waals surface area contributed by atoms with Crippen molar-refractivity contribution < 1.29 is 9.59 Å². The molecule has 2 aromatic heterocycles. The fraction of sp³-hybridized carbons (Fsp3) is 0.571. The molecule has 3 heterocycles. The van der Waals surface area contributed by atoms with E-state index in [0.717, 1.165) is 25.7 Å². The smallest absolute Gasteiger partial charge is 0.264 e. The van der Waals surface area contributed by atoms with Crippen LogP contribution in [0.2, 0.25) is 0 Å². The van der Waals surface area contributed by atoms with Gasteiger partial charge in [-0.25, -0.2) is 9.78 Å². The summed E-state index contributed by atoms with van der Waals surface area (Å²) in [5.41, 5.74) is 0.813. The number of unbranched alkanes of at least 4 members (excludes halogenated alkanes) is 3. The van der Waals surface area contributed by atoms with Crippen molar-refractivity contribution in [3.8, 4) is 5.82 Å². The van der Waals surface area contributed by atoms with Gasteiger partial charge in [0.05, 0.1) is 23.4 Å². The van der Waals surface area contributed by atoms with E-state index in [1.807, 2.05) is 0 Å². The first kappa shape index (κ1) is 21.7. The van der Waals surface area contributed by atoms with E-state index < -0.39 is 0 Å². The van der Waals surface area contributed by atoms with Crippen molar-refractivity contribution in [3.63, 3.8) is 0 Å². The van der Waals surface area contributed by atoms with E-state index in [1.165, 1.54) is 29.8 Å². The van der Waals surface area contributed by atoms with Crippen molar-refractivity contribution in [1.29, 1.82) is 0 Å². The molecule has 3 rings (SSSR count). The third-order valence-electron chi connectivity index (χ3n) is 5.53. The topological polar surface area (TPSA) is 113 Å². The summed E-state index contributed by atoms with van der Waals surface area (Å²) in [5, 5.41) is 13.6. The van der Waals surface area contributed by atoms with E-state index in [0.29, 0.717) is 36.7 Å². The molecule has 0 aliphatic carbocycles. The van der Waals surface area contributed by atoms with Gasteiger partial charge in [-0.2, -0.15) is 10.2 Å². The van der Waals surface area contributed by atoms with Gasteiger partial charge in [-0.05, 0) is 32.3 Å². The Morgan fingerprint density at radius 2 is 2.10 bits per heavy atom. The SMILES string of the molecule is CCCCCCNC(=O)C1CCCN(C(=O)c2cnn(-c3ccc(=O)[nH]n3)c2C)C1. The molecule has 1 aliphatic heterocycles. The van der Waals surface area contributed by atoms with Gasteiger partial charge in [-0.15, -0.1) is 0 Å². The highest BCUT2D eigenvalue weighted by Gasteiger charge is 2.30. The van der Waals surface area contributed by atoms with Crippen LogP contribution in [0, 0.1) is 12.8 Å². The van der Waals surface area contributed by atoms with Gasteiger partial charge < -0.3 is 10.2 Å². The minimum atomic E-state index is -0.303. The van der Waals surface area contributed by atoms with Crippen molar-refractivity contribution >= 4 is 11.8 Å². The van der Waals surface area contributed by atoms with Crippen LogP contribution in [0.5, 0.6) is 0 Å². The van der Waals surface area contributed by atoms with Crippen molar-refractivity contribution in [2.75, 3.05) is 19.6 Å². The summed E-state index contributed by atoms with van der Waals surface area (Å²) in [7, 11) is 0. The molecule has 1 atom stereocenters. The number of aromatic nitrogens is 4. The van der Waals surface area contributed by atoms with E-state index in [2.05, 4.69) is 27.5 Å². The lowest BCUT2D eigenvalue weighted by atomic mass is 9.96. The standard InChI is InChI=1S/C21H30N6O3/c1-3-4-5-6-11-22-20(29)16-8-7-12-26(14-16)21(30)17-13-23-27(15(17)2)18-9-10-19(28)25-24-18/h9-10,13,16H,3-8,11-12,14H2,1-2H3,(H,22,29)(H,25,28). The number of hydrogen-bond donors (Lipinski definition) is 2. The van der Waals surface area contributed by atoms with Crippen LogP contribution >= 0.6 is 0 Å². The van der Waals surface area contributed by atoms with Gasteiger partial charge in [0.1, 0.15) is 0 Å². The Kier molecular flexibility index (Phi) is 7.37. The van der Waals surface area contributed by atoms with Crippen LogP contribution in [0.25, 0.3) is 5.82 Å². The molecule has 0 spiro atoms. The molecular formula is C21H30N6O3. The zero-order valence-corrected chi connectivity index (χ0v) is 17.7. The number of piperidine rings is 1. The summed E-state index contributed by atoms with van der Waals surface area (Å²) in [5.74, 6) is 0.160. The van der Waals surface area contributed by atoms with E-state index in [4.69, 9.17) is 0 Å². The number of nitrogens with one attached hydrogen (secondary N) is 2. The second-order valence-electron chi connectivity index (χ2n) is 7.78.